The Hall–Kier alpha value is -1.46. The van der Waals surface area contributed by atoms with Crippen LogP contribution in [0.5, 0.6) is 0 Å². The van der Waals surface area contributed by atoms with Gasteiger partial charge in [0, 0.05) is 30.8 Å². The van der Waals surface area contributed by atoms with Crippen molar-refractivity contribution in [1.29, 1.82) is 0 Å². The average Bonchev–Trinajstić information content (AvgIpc) is 2.40. The third-order valence-electron chi connectivity index (χ3n) is 3.78. The fourth-order valence-corrected chi connectivity index (χ4v) is 2.87. The molecule has 104 valence electrons. The normalized spacial score (nSPS) is 22.1. The summed E-state index contributed by atoms with van der Waals surface area (Å²) >= 11 is 0. The molecule has 1 saturated heterocycles. The van der Waals surface area contributed by atoms with Gasteiger partial charge in [-0.3, -0.25) is 15.0 Å². The first-order chi connectivity index (χ1) is 9.11. The van der Waals surface area contributed by atoms with E-state index in [1.807, 2.05) is 6.07 Å². The second-order valence-electron chi connectivity index (χ2n) is 5.17. The maximum absolute atomic E-state index is 10.9. The van der Waals surface area contributed by atoms with Crippen LogP contribution < -0.4 is 5.73 Å². The maximum atomic E-state index is 10.9. The van der Waals surface area contributed by atoms with Crippen molar-refractivity contribution in [3.8, 4) is 0 Å². The lowest BCUT2D eigenvalue weighted by atomic mass is 9.98. The molecule has 2 N–H and O–H groups in total. The van der Waals surface area contributed by atoms with Gasteiger partial charge in [-0.15, -0.1) is 0 Å². The first-order valence-corrected chi connectivity index (χ1v) is 6.85. The predicted octanol–water partition coefficient (Wildman–Crippen LogP) is 2.47. The lowest BCUT2D eigenvalue weighted by Gasteiger charge is -2.37. The van der Waals surface area contributed by atoms with Gasteiger partial charge >= 0.3 is 0 Å². The van der Waals surface area contributed by atoms with E-state index in [1.54, 1.807) is 12.1 Å². The second-order valence-corrected chi connectivity index (χ2v) is 5.17. The van der Waals surface area contributed by atoms with Crippen molar-refractivity contribution < 1.29 is 4.92 Å². The van der Waals surface area contributed by atoms with Crippen molar-refractivity contribution in [3.63, 3.8) is 0 Å². The molecule has 5 heteroatoms. The SMILES string of the molecule is CCC(c1cccc([N+](=O)[O-])c1)N1CCCC(N)C1. The molecule has 1 heterocycles. The monoisotopic (exact) mass is 263 g/mol. The molecule has 2 unspecified atom stereocenters. The maximum Gasteiger partial charge on any atom is 0.269 e. The zero-order chi connectivity index (χ0) is 13.8. The molecule has 1 aromatic carbocycles. The predicted molar refractivity (Wildman–Crippen MR) is 74.9 cm³/mol. The highest BCUT2D eigenvalue weighted by molar-refractivity contribution is 5.35. The molecule has 0 aliphatic carbocycles. The van der Waals surface area contributed by atoms with E-state index >= 15 is 0 Å². The number of nitrogens with zero attached hydrogens (tertiary/aromatic N) is 2. The Labute approximate surface area is 113 Å². The fourth-order valence-electron chi connectivity index (χ4n) is 2.87. The van der Waals surface area contributed by atoms with Crippen LogP contribution in [0, 0.1) is 10.1 Å². The molecule has 1 aromatic rings. The largest absolute Gasteiger partial charge is 0.327 e. The minimum absolute atomic E-state index is 0.164. The topological polar surface area (TPSA) is 72.4 Å². The average molecular weight is 263 g/mol. The van der Waals surface area contributed by atoms with Crippen molar-refractivity contribution in [1.82, 2.24) is 4.90 Å². The van der Waals surface area contributed by atoms with Crippen LogP contribution in [-0.2, 0) is 0 Å². The molecule has 0 radical (unpaired) electrons. The van der Waals surface area contributed by atoms with Gasteiger partial charge in [-0.2, -0.15) is 0 Å². The summed E-state index contributed by atoms with van der Waals surface area (Å²) in [5.41, 5.74) is 7.21. The Morgan fingerprint density at radius 2 is 2.37 bits per heavy atom. The van der Waals surface area contributed by atoms with Gasteiger partial charge in [0.15, 0.2) is 0 Å². The highest BCUT2D eigenvalue weighted by Crippen LogP contribution is 2.29. The first kappa shape index (κ1) is 14.0. The third kappa shape index (κ3) is 3.30. The van der Waals surface area contributed by atoms with Gasteiger partial charge < -0.3 is 5.73 Å². The molecular formula is C14H21N3O2. The van der Waals surface area contributed by atoms with Crippen molar-refractivity contribution in [3.05, 3.63) is 39.9 Å². The Bertz CT molecular complexity index is 450. The van der Waals surface area contributed by atoms with E-state index in [-0.39, 0.29) is 22.7 Å². The van der Waals surface area contributed by atoms with Crippen LogP contribution in [0.4, 0.5) is 5.69 Å². The molecule has 0 amide bonds. The zero-order valence-corrected chi connectivity index (χ0v) is 11.3. The van der Waals surface area contributed by atoms with Crippen LogP contribution in [-0.4, -0.2) is 29.0 Å². The van der Waals surface area contributed by atoms with Crippen molar-refractivity contribution in [2.45, 2.75) is 38.3 Å². The van der Waals surface area contributed by atoms with Crippen LogP contribution in [0.3, 0.4) is 0 Å². The minimum atomic E-state index is -0.335. The summed E-state index contributed by atoms with van der Waals surface area (Å²) in [6.45, 7) is 4.01. The number of nitro benzene ring substituents is 1. The molecule has 1 aliphatic heterocycles. The van der Waals surface area contributed by atoms with E-state index in [4.69, 9.17) is 5.73 Å². The van der Waals surface area contributed by atoms with Gasteiger partial charge in [-0.1, -0.05) is 19.1 Å². The van der Waals surface area contributed by atoms with Gasteiger partial charge in [0.1, 0.15) is 0 Å². The molecule has 0 saturated carbocycles. The number of hydrogen-bond acceptors (Lipinski definition) is 4. The second kappa shape index (κ2) is 6.12. The third-order valence-corrected chi connectivity index (χ3v) is 3.78. The van der Waals surface area contributed by atoms with E-state index in [2.05, 4.69) is 11.8 Å². The van der Waals surface area contributed by atoms with Crippen LogP contribution in [0.15, 0.2) is 24.3 Å². The number of benzene rings is 1. The summed E-state index contributed by atoms with van der Waals surface area (Å²) in [6.07, 6.45) is 3.11. The van der Waals surface area contributed by atoms with Gasteiger partial charge in [0.05, 0.1) is 4.92 Å². The number of nitro groups is 1. The van der Waals surface area contributed by atoms with Crippen LogP contribution in [0.1, 0.15) is 37.8 Å². The molecule has 2 atom stereocenters. The molecule has 1 fully saturated rings. The van der Waals surface area contributed by atoms with Crippen LogP contribution >= 0.6 is 0 Å². The molecule has 1 aliphatic rings. The smallest absolute Gasteiger partial charge is 0.269 e. The Kier molecular flexibility index (Phi) is 4.50. The van der Waals surface area contributed by atoms with Gasteiger partial charge in [-0.05, 0) is 31.4 Å². The minimum Gasteiger partial charge on any atom is -0.327 e. The summed E-state index contributed by atoms with van der Waals surface area (Å²) in [7, 11) is 0. The Morgan fingerprint density at radius 3 is 3.00 bits per heavy atom. The standard InChI is InChI=1S/C14H21N3O2/c1-2-14(16-8-4-6-12(15)10-16)11-5-3-7-13(9-11)17(18)19/h3,5,7,9,12,14H,2,4,6,8,10,15H2,1H3. The number of non-ortho nitro benzene ring substituents is 1. The fraction of sp³-hybridized carbons (Fsp3) is 0.571. The Morgan fingerprint density at radius 1 is 1.58 bits per heavy atom. The Balaban J connectivity index is 2.21. The number of rotatable bonds is 4. The molecule has 0 aromatic heterocycles. The highest BCUT2D eigenvalue weighted by atomic mass is 16.6. The van der Waals surface area contributed by atoms with E-state index < -0.39 is 0 Å². The van der Waals surface area contributed by atoms with Crippen LogP contribution in [0.2, 0.25) is 0 Å². The van der Waals surface area contributed by atoms with E-state index in [0.717, 1.165) is 37.9 Å². The number of hydrogen-bond donors (Lipinski definition) is 1. The summed E-state index contributed by atoms with van der Waals surface area (Å²) in [5, 5.41) is 10.9. The summed E-state index contributed by atoms with van der Waals surface area (Å²) in [5.74, 6) is 0. The number of likely N-dealkylation sites (tertiary alicyclic amines) is 1. The summed E-state index contributed by atoms with van der Waals surface area (Å²) in [4.78, 5) is 12.9. The van der Waals surface area contributed by atoms with E-state index in [1.165, 1.54) is 6.07 Å². The molecule has 5 nitrogen and oxygen atoms in total. The number of piperidine rings is 1. The molecular weight excluding hydrogens is 242 g/mol. The van der Waals surface area contributed by atoms with Gasteiger partial charge in [0.2, 0.25) is 0 Å². The molecule has 0 spiro atoms. The van der Waals surface area contributed by atoms with Crippen molar-refractivity contribution in [2.75, 3.05) is 13.1 Å². The van der Waals surface area contributed by atoms with Gasteiger partial charge in [-0.25, -0.2) is 0 Å². The van der Waals surface area contributed by atoms with Crippen molar-refractivity contribution in [2.24, 2.45) is 5.73 Å². The molecule has 0 bridgehead atoms. The lowest BCUT2D eigenvalue weighted by molar-refractivity contribution is -0.385. The summed E-state index contributed by atoms with van der Waals surface area (Å²) < 4.78 is 0. The quantitative estimate of drug-likeness (QED) is 0.669. The zero-order valence-electron chi connectivity index (χ0n) is 11.3. The molecule has 2 rings (SSSR count). The first-order valence-electron chi connectivity index (χ1n) is 6.85. The highest BCUT2D eigenvalue weighted by Gasteiger charge is 2.25. The molecule has 19 heavy (non-hydrogen) atoms. The van der Waals surface area contributed by atoms with Crippen LogP contribution in [0.25, 0.3) is 0 Å². The van der Waals surface area contributed by atoms with E-state index in [0.29, 0.717) is 0 Å². The van der Waals surface area contributed by atoms with Crippen molar-refractivity contribution >= 4 is 5.69 Å². The summed E-state index contributed by atoms with van der Waals surface area (Å²) in [6, 6.07) is 7.42. The van der Waals surface area contributed by atoms with Gasteiger partial charge in [0.25, 0.3) is 5.69 Å². The number of nitrogens with two attached hydrogens (primary N) is 1. The lowest BCUT2D eigenvalue weighted by Crippen LogP contribution is -2.44. The van der Waals surface area contributed by atoms with E-state index in [9.17, 15) is 10.1 Å².